The first-order valence-corrected chi connectivity index (χ1v) is 7.65. The van der Waals surface area contributed by atoms with E-state index in [0.29, 0.717) is 11.4 Å². The molecule has 0 radical (unpaired) electrons. The van der Waals surface area contributed by atoms with Crippen LogP contribution in [0.3, 0.4) is 0 Å². The predicted octanol–water partition coefficient (Wildman–Crippen LogP) is 1.97. The molecule has 2 aromatic carbocycles. The summed E-state index contributed by atoms with van der Waals surface area (Å²) in [7, 11) is 1.33. The molecule has 0 saturated carbocycles. The van der Waals surface area contributed by atoms with E-state index < -0.39 is 16.8 Å². The summed E-state index contributed by atoms with van der Waals surface area (Å²) in [5, 5.41) is 13.7. The van der Waals surface area contributed by atoms with Gasteiger partial charge in [0.05, 0.1) is 24.3 Å². The number of anilines is 2. The van der Waals surface area contributed by atoms with Crippen molar-refractivity contribution >= 4 is 28.9 Å². The average molecular weight is 357 g/mol. The second kappa shape index (κ2) is 7.09. The van der Waals surface area contributed by atoms with Gasteiger partial charge in [0.25, 0.3) is 0 Å². The summed E-state index contributed by atoms with van der Waals surface area (Å²) in [6.07, 6.45) is 0. The maximum atomic E-state index is 12.3. The van der Waals surface area contributed by atoms with Crippen molar-refractivity contribution in [3.05, 3.63) is 52.6 Å². The molecule has 0 fully saturated rings. The summed E-state index contributed by atoms with van der Waals surface area (Å²) < 4.78 is 10.1. The van der Waals surface area contributed by atoms with Gasteiger partial charge in [0, 0.05) is 11.8 Å². The number of amides is 1. The third-order valence-corrected chi connectivity index (χ3v) is 3.74. The highest BCUT2D eigenvalue weighted by Crippen LogP contribution is 2.32. The van der Waals surface area contributed by atoms with Crippen LogP contribution in [0.2, 0.25) is 0 Å². The van der Waals surface area contributed by atoms with Crippen molar-refractivity contribution in [2.24, 2.45) is 0 Å². The molecule has 1 aliphatic heterocycles. The van der Waals surface area contributed by atoms with Gasteiger partial charge in [-0.15, -0.1) is 0 Å². The van der Waals surface area contributed by atoms with Gasteiger partial charge in [0.2, 0.25) is 5.91 Å². The first-order valence-electron chi connectivity index (χ1n) is 7.65. The monoisotopic (exact) mass is 357 g/mol. The molecule has 1 heterocycles. The summed E-state index contributed by atoms with van der Waals surface area (Å²) in [5.41, 5.74) is 0.635. The van der Waals surface area contributed by atoms with E-state index in [-0.39, 0.29) is 30.2 Å². The molecule has 0 aromatic heterocycles. The fourth-order valence-corrected chi connectivity index (χ4v) is 2.63. The minimum atomic E-state index is -0.592. The van der Waals surface area contributed by atoms with Crippen LogP contribution in [0, 0.1) is 10.1 Å². The van der Waals surface area contributed by atoms with Crippen LogP contribution in [0.15, 0.2) is 42.5 Å². The number of hydrogen-bond donors (Lipinski definition) is 1. The lowest BCUT2D eigenvalue weighted by Gasteiger charge is -2.29. The fourth-order valence-electron chi connectivity index (χ4n) is 2.63. The normalized spacial score (nSPS) is 12.8. The zero-order valence-electron chi connectivity index (χ0n) is 13.8. The molecule has 1 N–H and O–H groups in total. The lowest BCUT2D eigenvalue weighted by atomic mass is 10.2. The number of para-hydroxylation sites is 2. The predicted molar refractivity (Wildman–Crippen MR) is 92.6 cm³/mol. The van der Waals surface area contributed by atoms with Crippen molar-refractivity contribution in [3.8, 4) is 11.5 Å². The molecule has 2 aromatic rings. The van der Waals surface area contributed by atoms with E-state index in [1.807, 2.05) is 0 Å². The van der Waals surface area contributed by atoms with Crippen molar-refractivity contribution in [2.75, 3.05) is 30.4 Å². The second-order valence-corrected chi connectivity index (χ2v) is 5.49. The molecule has 134 valence electrons. The molecule has 0 spiro atoms. The van der Waals surface area contributed by atoms with Gasteiger partial charge < -0.3 is 19.7 Å². The van der Waals surface area contributed by atoms with E-state index in [0.717, 1.165) is 0 Å². The van der Waals surface area contributed by atoms with Crippen LogP contribution < -0.4 is 19.7 Å². The zero-order chi connectivity index (χ0) is 18.7. The molecular weight excluding hydrogens is 342 g/mol. The molecule has 9 heteroatoms. The molecule has 1 amide bonds. The van der Waals surface area contributed by atoms with Crippen LogP contribution in [0.1, 0.15) is 0 Å². The molecule has 0 unspecified atom stereocenters. The molecule has 9 nitrogen and oxygen atoms in total. The Morgan fingerprint density at radius 1 is 1.35 bits per heavy atom. The summed E-state index contributed by atoms with van der Waals surface area (Å²) >= 11 is 0. The van der Waals surface area contributed by atoms with Crippen LogP contribution in [0.5, 0.6) is 11.5 Å². The Labute approximate surface area is 148 Å². The van der Waals surface area contributed by atoms with E-state index in [4.69, 9.17) is 9.47 Å². The maximum Gasteiger partial charge on any atom is 0.331 e. The van der Waals surface area contributed by atoms with Gasteiger partial charge in [-0.3, -0.25) is 14.9 Å². The first-order chi connectivity index (χ1) is 12.5. The lowest BCUT2D eigenvalue weighted by molar-refractivity contribution is -0.385. The Kier molecular flexibility index (Phi) is 4.70. The molecular formula is C17H15N3O6. The van der Waals surface area contributed by atoms with Gasteiger partial charge in [-0.1, -0.05) is 12.1 Å². The quantitative estimate of drug-likeness (QED) is 0.377. The third kappa shape index (κ3) is 3.56. The smallest absolute Gasteiger partial charge is 0.331 e. The highest BCUT2D eigenvalue weighted by molar-refractivity contribution is 5.96. The Bertz CT molecular complexity index is 883. The van der Waals surface area contributed by atoms with E-state index >= 15 is 0 Å². The number of hydrogen-bond acceptors (Lipinski definition) is 7. The number of carbonyl (C=O) groups excluding carboxylic acids is 2. The van der Waals surface area contributed by atoms with E-state index in [1.54, 1.807) is 29.2 Å². The molecule has 1 aliphatic rings. The summed E-state index contributed by atoms with van der Waals surface area (Å²) in [6.45, 7) is -0.168. The van der Waals surface area contributed by atoms with Gasteiger partial charge >= 0.3 is 11.7 Å². The summed E-state index contributed by atoms with van der Waals surface area (Å²) in [5.74, 6) is -0.400. The maximum absolute atomic E-state index is 12.3. The van der Waals surface area contributed by atoms with Gasteiger partial charge in [-0.25, -0.2) is 4.79 Å². The minimum Gasteiger partial charge on any atom is -0.490 e. The van der Waals surface area contributed by atoms with Crippen molar-refractivity contribution < 1.29 is 24.0 Å². The number of benzene rings is 2. The topological polar surface area (TPSA) is 111 Å². The standard InChI is InChI=1S/C17H15N3O6/c1-25-14-7-6-11(8-13(14)20(23)24)18-16(21)9-19-10-17(22)26-15-5-3-2-4-12(15)19/h2-8H,9-10H2,1H3,(H,18,21). The first kappa shape index (κ1) is 17.2. The van der Waals surface area contributed by atoms with Gasteiger partial charge in [-0.2, -0.15) is 0 Å². The van der Waals surface area contributed by atoms with Crippen molar-refractivity contribution in [1.29, 1.82) is 0 Å². The van der Waals surface area contributed by atoms with Crippen molar-refractivity contribution in [1.82, 2.24) is 0 Å². The highest BCUT2D eigenvalue weighted by Gasteiger charge is 2.25. The van der Waals surface area contributed by atoms with E-state index in [2.05, 4.69) is 5.32 Å². The number of nitrogens with zero attached hydrogens (tertiary/aromatic N) is 2. The largest absolute Gasteiger partial charge is 0.490 e. The number of rotatable bonds is 5. The van der Waals surface area contributed by atoms with Crippen LogP contribution in [0.4, 0.5) is 17.1 Å². The van der Waals surface area contributed by atoms with Gasteiger partial charge in [0.15, 0.2) is 11.5 Å². The Morgan fingerprint density at radius 3 is 2.85 bits per heavy atom. The highest BCUT2D eigenvalue weighted by atomic mass is 16.6. The number of esters is 1. The molecule has 3 rings (SSSR count). The van der Waals surface area contributed by atoms with Crippen molar-refractivity contribution in [2.45, 2.75) is 0 Å². The van der Waals surface area contributed by atoms with E-state index in [9.17, 15) is 19.7 Å². The van der Waals surface area contributed by atoms with Crippen LogP contribution in [0.25, 0.3) is 0 Å². The molecule has 0 bridgehead atoms. The van der Waals surface area contributed by atoms with Crippen LogP contribution >= 0.6 is 0 Å². The number of carbonyl (C=O) groups is 2. The molecule has 0 saturated heterocycles. The summed E-state index contributed by atoms with van der Waals surface area (Å²) in [4.78, 5) is 36.1. The molecule has 0 atom stereocenters. The number of ether oxygens (including phenoxy) is 2. The number of nitro groups is 1. The van der Waals surface area contributed by atoms with Gasteiger partial charge in [-0.05, 0) is 24.3 Å². The zero-order valence-corrected chi connectivity index (χ0v) is 13.8. The second-order valence-electron chi connectivity index (χ2n) is 5.49. The number of fused-ring (bicyclic) bond motifs is 1. The third-order valence-electron chi connectivity index (χ3n) is 3.74. The molecule has 0 aliphatic carbocycles. The van der Waals surface area contributed by atoms with E-state index in [1.165, 1.54) is 25.3 Å². The number of nitro benzene ring substituents is 1. The fraction of sp³-hybridized carbons (Fsp3) is 0.176. The number of nitrogens with one attached hydrogen (secondary N) is 1. The Balaban J connectivity index is 1.75. The summed E-state index contributed by atoms with van der Waals surface area (Å²) in [6, 6.07) is 11.0. The van der Waals surface area contributed by atoms with Crippen molar-refractivity contribution in [3.63, 3.8) is 0 Å². The lowest BCUT2D eigenvalue weighted by Crippen LogP contribution is -2.41. The Morgan fingerprint density at radius 2 is 2.12 bits per heavy atom. The van der Waals surface area contributed by atoms with Crippen LogP contribution in [-0.2, 0) is 9.59 Å². The van der Waals surface area contributed by atoms with Crippen LogP contribution in [-0.4, -0.2) is 37.0 Å². The SMILES string of the molecule is COc1ccc(NC(=O)CN2CC(=O)Oc3ccccc32)cc1[N+](=O)[O-]. The molecule has 26 heavy (non-hydrogen) atoms. The average Bonchev–Trinajstić information content (AvgIpc) is 2.61. The minimum absolute atomic E-state index is 0.0623. The van der Waals surface area contributed by atoms with Gasteiger partial charge in [0.1, 0.15) is 6.54 Å². The number of methoxy groups -OCH3 is 1. The Hall–Kier alpha value is -3.62.